The minimum Gasteiger partial charge on any atom is -0.456 e. The zero-order valence-corrected chi connectivity index (χ0v) is 20.6. The van der Waals surface area contributed by atoms with Crippen LogP contribution in [0.5, 0.6) is 11.5 Å². The van der Waals surface area contributed by atoms with Gasteiger partial charge in [0.15, 0.2) is 0 Å². The van der Waals surface area contributed by atoms with Crippen molar-refractivity contribution in [3.63, 3.8) is 0 Å². The Hall–Kier alpha value is -3.33. The molecule has 178 valence electrons. The largest absolute Gasteiger partial charge is 0.456 e. The second-order valence-electron chi connectivity index (χ2n) is 8.88. The normalized spacial score (nSPS) is 19.4. The van der Waals surface area contributed by atoms with Gasteiger partial charge in [-0.25, -0.2) is 0 Å². The van der Waals surface area contributed by atoms with Crippen molar-refractivity contribution in [3.05, 3.63) is 101 Å². The maximum atomic E-state index is 15.0. The van der Waals surface area contributed by atoms with E-state index in [1.54, 1.807) is 54.6 Å². The number of para-hydroxylation sites is 1. The molecule has 3 aromatic carbocycles. The van der Waals surface area contributed by atoms with Gasteiger partial charge in [0.1, 0.15) is 17.6 Å². The van der Waals surface area contributed by atoms with Gasteiger partial charge >= 0.3 is 5.97 Å². The minimum absolute atomic E-state index is 0.0769. The molecule has 0 radical (unpaired) electrons. The molecule has 0 heterocycles. The molecule has 4 rings (SSSR count). The van der Waals surface area contributed by atoms with Crippen molar-refractivity contribution in [1.29, 1.82) is 5.26 Å². The number of nitriles is 1. The molecule has 0 bridgehead atoms. The minimum atomic E-state index is -2.01. The molecule has 0 spiro atoms. The molecular formula is C28H22Cl2FNO3. The Balaban J connectivity index is 1.47. The van der Waals surface area contributed by atoms with E-state index in [1.165, 1.54) is 18.2 Å². The first-order valence-electron chi connectivity index (χ1n) is 11.0. The fraction of sp³-hybridized carbons (Fsp3) is 0.214. The van der Waals surface area contributed by atoms with Gasteiger partial charge in [-0.15, -0.1) is 0 Å². The molecule has 1 aliphatic carbocycles. The molecule has 7 heteroatoms. The van der Waals surface area contributed by atoms with Crippen LogP contribution >= 0.6 is 23.2 Å². The Morgan fingerprint density at radius 3 is 2.46 bits per heavy atom. The fourth-order valence-electron chi connectivity index (χ4n) is 4.02. The maximum Gasteiger partial charge on any atom is 0.312 e. The van der Waals surface area contributed by atoms with Crippen LogP contribution in [0.4, 0.5) is 4.39 Å². The summed E-state index contributed by atoms with van der Waals surface area (Å²) in [6, 6.07) is 22.1. The molecule has 0 N–H and O–H groups in total. The molecule has 4 nitrogen and oxygen atoms in total. The number of carbonyl (C=O) groups is 1. The summed E-state index contributed by atoms with van der Waals surface area (Å²) in [4.78, 5) is 12.8. The average molecular weight is 510 g/mol. The topological polar surface area (TPSA) is 59.3 Å². The highest BCUT2D eigenvalue weighted by molar-refractivity contribution is 6.48. The predicted molar refractivity (Wildman–Crippen MR) is 134 cm³/mol. The first-order chi connectivity index (χ1) is 16.7. The number of carbonyl (C=O) groups excluding carboxylic acids is 1. The Morgan fingerprint density at radius 1 is 1.11 bits per heavy atom. The van der Waals surface area contributed by atoms with Gasteiger partial charge in [0.2, 0.25) is 0 Å². The molecule has 3 aromatic rings. The molecule has 35 heavy (non-hydrogen) atoms. The average Bonchev–Trinajstić information content (AvgIpc) is 3.39. The van der Waals surface area contributed by atoms with Crippen molar-refractivity contribution >= 4 is 34.2 Å². The zero-order chi connectivity index (χ0) is 25.2. The zero-order valence-electron chi connectivity index (χ0n) is 19.0. The van der Waals surface area contributed by atoms with Gasteiger partial charge in [-0.05, 0) is 53.3 Å². The first-order valence-corrected chi connectivity index (χ1v) is 11.7. The van der Waals surface area contributed by atoms with Gasteiger partial charge in [0.25, 0.3) is 6.36 Å². The monoisotopic (exact) mass is 509 g/mol. The lowest BCUT2D eigenvalue weighted by Crippen LogP contribution is -2.13. The van der Waals surface area contributed by atoms with E-state index in [9.17, 15) is 10.1 Å². The quantitative estimate of drug-likeness (QED) is 0.302. The molecule has 3 atom stereocenters. The fourth-order valence-corrected chi connectivity index (χ4v) is 4.41. The van der Waals surface area contributed by atoms with E-state index in [-0.39, 0.29) is 22.8 Å². The maximum absolute atomic E-state index is 15.0. The Morgan fingerprint density at radius 2 is 1.80 bits per heavy atom. The van der Waals surface area contributed by atoms with Crippen molar-refractivity contribution in [2.45, 2.75) is 20.2 Å². The number of benzene rings is 3. The molecule has 1 saturated carbocycles. The third kappa shape index (κ3) is 5.51. The lowest BCUT2D eigenvalue weighted by molar-refractivity contribution is -0.161. The summed E-state index contributed by atoms with van der Waals surface area (Å²) in [5, 5.41) is 10.5. The summed E-state index contributed by atoms with van der Waals surface area (Å²) in [5.74, 6) is -0.722. The van der Waals surface area contributed by atoms with Gasteiger partial charge in [-0.3, -0.25) is 4.79 Å². The molecule has 0 aromatic heterocycles. The molecule has 0 aliphatic heterocycles. The SMILES string of the molecule is CC1(C)C(C=C(Cl)c2ccc(Cl)cc2)C1C(=O)OC(F)c1ccc(C#N)c(Oc2ccccc2)c1. The number of ether oxygens (including phenoxy) is 2. The molecular weight excluding hydrogens is 488 g/mol. The standard InChI is InChI=1S/C28H22Cl2FNO3/c1-28(2)22(15-23(30)17-10-12-20(29)13-11-17)25(28)27(33)35-26(31)18-8-9-19(16-32)24(14-18)34-21-6-4-3-5-7-21/h3-15,22,25-26H,1-2H3. The van der Waals surface area contributed by atoms with Crippen molar-refractivity contribution in [3.8, 4) is 17.6 Å². The highest BCUT2D eigenvalue weighted by atomic mass is 35.5. The summed E-state index contributed by atoms with van der Waals surface area (Å²) < 4.78 is 25.9. The molecule has 1 aliphatic rings. The van der Waals surface area contributed by atoms with Crippen molar-refractivity contribution in [2.75, 3.05) is 0 Å². The van der Waals surface area contributed by atoms with Crippen LogP contribution in [0.15, 0.2) is 78.9 Å². The Labute approximate surface area is 213 Å². The summed E-state index contributed by atoms with van der Waals surface area (Å²) in [6.45, 7) is 3.82. The van der Waals surface area contributed by atoms with Gasteiger partial charge in [0, 0.05) is 15.6 Å². The van der Waals surface area contributed by atoms with Crippen LogP contribution in [0, 0.1) is 28.6 Å². The Bertz CT molecular complexity index is 1300. The number of allylic oxidation sites excluding steroid dienone is 1. The highest BCUT2D eigenvalue weighted by Gasteiger charge is 2.62. The molecule has 0 amide bonds. The van der Waals surface area contributed by atoms with E-state index >= 15 is 4.39 Å². The third-order valence-corrected chi connectivity index (χ3v) is 6.79. The number of alkyl halides is 1. The highest BCUT2D eigenvalue weighted by Crippen LogP contribution is 2.60. The van der Waals surface area contributed by atoms with Crippen molar-refractivity contribution < 1.29 is 18.7 Å². The lowest BCUT2D eigenvalue weighted by Gasteiger charge is -2.13. The number of halogens is 3. The van der Waals surface area contributed by atoms with Crippen molar-refractivity contribution in [1.82, 2.24) is 0 Å². The summed E-state index contributed by atoms with van der Waals surface area (Å²) >= 11 is 12.4. The van der Waals surface area contributed by atoms with E-state index in [1.807, 2.05) is 26.0 Å². The van der Waals surface area contributed by atoms with E-state index in [0.29, 0.717) is 15.8 Å². The Kier molecular flexibility index (Phi) is 7.16. The van der Waals surface area contributed by atoms with Gasteiger partial charge in [-0.2, -0.15) is 9.65 Å². The predicted octanol–water partition coefficient (Wildman–Crippen LogP) is 8.07. The van der Waals surface area contributed by atoms with Gasteiger partial charge in [-0.1, -0.05) is 79.5 Å². The summed E-state index contributed by atoms with van der Waals surface area (Å²) in [6.07, 6.45) is -0.210. The van der Waals surface area contributed by atoms with Crippen LogP contribution in [0.3, 0.4) is 0 Å². The van der Waals surface area contributed by atoms with Crippen LogP contribution in [0.1, 0.15) is 36.9 Å². The van der Waals surface area contributed by atoms with E-state index in [0.717, 1.165) is 5.56 Å². The van der Waals surface area contributed by atoms with E-state index < -0.39 is 23.7 Å². The van der Waals surface area contributed by atoms with Crippen LogP contribution in [-0.2, 0) is 9.53 Å². The van der Waals surface area contributed by atoms with E-state index in [4.69, 9.17) is 32.7 Å². The molecule has 0 saturated heterocycles. The van der Waals surface area contributed by atoms with Gasteiger partial charge < -0.3 is 9.47 Å². The number of hydrogen-bond donors (Lipinski definition) is 0. The van der Waals surface area contributed by atoms with E-state index in [2.05, 4.69) is 0 Å². The van der Waals surface area contributed by atoms with Gasteiger partial charge in [0.05, 0.1) is 11.5 Å². The number of nitrogens with zero attached hydrogens (tertiary/aromatic N) is 1. The van der Waals surface area contributed by atoms with Crippen LogP contribution in [-0.4, -0.2) is 5.97 Å². The smallest absolute Gasteiger partial charge is 0.312 e. The second kappa shape index (κ2) is 10.1. The summed E-state index contributed by atoms with van der Waals surface area (Å²) in [7, 11) is 0. The number of rotatable bonds is 7. The summed E-state index contributed by atoms with van der Waals surface area (Å²) in [5.41, 5.74) is 0.655. The first kappa shape index (κ1) is 24.8. The third-order valence-electron chi connectivity index (χ3n) is 6.19. The van der Waals surface area contributed by atoms with Crippen LogP contribution in [0.2, 0.25) is 5.02 Å². The lowest BCUT2D eigenvalue weighted by atomic mass is 10.1. The van der Waals surface area contributed by atoms with Crippen LogP contribution < -0.4 is 4.74 Å². The molecule has 1 fully saturated rings. The second-order valence-corrected chi connectivity index (χ2v) is 9.73. The number of esters is 1. The van der Waals surface area contributed by atoms with Crippen LogP contribution in [0.25, 0.3) is 5.03 Å². The number of hydrogen-bond acceptors (Lipinski definition) is 4. The molecule has 3 unspecified atom stereocenters. The van der Waals surface area contributed by atoms with Crippen molar-refractivity contribution in [2.24, 2.45) is 17.3 Å².